The molecule has 1 amide bonds. The van der Waals surface area contributed by atoms with Gasteiger partial charge in [-0.25, -0.2) is 0 Å². The van der Waals surface area contributed by atoms with E-state index >= 15 is 0 Å². The molecule has 0 aliphatic carbocycles. The minimum Gasteiger partial charge on any atom is -0.379 e. The Morgan fingerprint density at radius 2 is 2.19 bits per heavy atom. The standard InChI is InChI=1S/C15H26N4O2/c1-11(2)8-13(19-4-6-21-7-5-19)9-16-15(20)14-10-17-18-12(14)3/h10-11,13H,4-9H2,1-3H3,(H,16,20)(H,17,18). The Hall–Kier alpha value is -1.40. The molecule has 1 aromatic heterocycles. The highest BCUT2D eigenvalue weighted by atomic mass is 16.5. The number of carbonyl (C=O) groups is 1. The molecule has 0 aromatic carbocycles. The zero-order valence-electron chi connectivity index (χ0n) is 13.2. The lowest BCUT2D eigenvalue weighted by molar-refractivity contribution is 0.0124. The molecule has 1 fully saturated rings. The first kappa shape index (κ1) is 16.0. The third-order valence-electron chi connectivity index (χ3n) is 3.88. The van der Waals surface area contributed by atoms with E-state index in [1.54, 1.807) is 6.20 Å². The molecule has 6 heteroatoms. The Labute approximate surface area is 126 Å². The van der Waals surface area contributed by atoms with Crippen LogP contribution in [0.15, 0.2) is 6.20 Å². The Morgan fingerprint density at radius 1 is 1.48 bits per heavy atom. The molecule has 0 radical (unpaired) electrons. The quantitative estimate of drug-likeness (QED) is 0.827. The monoisotopic (exact) mass is 294 g/mol. The van der Waals surface area contributed by atoms with Gasteiger partial charge < -0.3 is 10.1 Å². The summed E-state index contributed by atoms with van der Waals surface area (Å²) in [6.45, 7) is 10.4. The van der Waals surface area contributed by atoms with E-state index in [-0.39, 0.29) is 5.91 Å². The van der Waals surface area contributed by atoms with Crippen LogP contribution in [0.4, 0.5) is 0 Å². The Kier molecular flexibility index (Phi) is 5.76. The van der Waals surface area contributed by atoms with Gasteiger partial charge in [0, 0.05) is 31.4 Å². The minimum atomic E-state index is -0.0525. The third kappa shape index (κ3) is 4.54. The van der Waals surface area contributed by atoms with Gasteiger partial charge in [0.1, 0.15) is 0 Å². The van der Waals surface area contributed by atoms with Crippen molar-refractivity contribution in [1.29, 1.82) is 0 Å². The minimum absolute atomic E-state index is 0.0525. The van der Waals surface area contributed by atoms with Gasteiger partial charge in [0.15, 0.2) is 0 Å². The van der Waals surface area contributed by atoms with Crippen molar-refractivity contribution in [2.45, 2.75) is 33.2 Å². The van der Waals surface area contributed by atoms with Crippen LogP contribution in [0, 0.1) is 12.8 Å². The van der Waals surface area contributed by atoms with Gasteiger partial charge in [0.2, 0.25) is 0 Å². The summed E-state index contributed by atoms with van der Waals surface area (Å²) in [6, 6.07) is 0.366. The summed E-state index contributed by atoms with van der Waals surface area (Å²) in [5.41, 5.74) is 1.43. The molecule has 0 saturated carbocycles. The highest BCUT2D eigenvalue weighted by molar-refractivity contribution is 5.94. The summed E-state index contributed by atoms with van der Waals surface area (Å²) in [7, 11) is 0. The van der Waals surface area contributed by atoms with Crippen molar-refractivity contribution < 1.29 is 9.53 Å². The highest BCUT2D eigenvalue weighted by Gasteiger charge is 2.23. The lowest BCUT2D eigenvalue weighted by Crippen LogP contribution is -2.49. The second-order valence-electron chi connectivity index (χ2n) is 6.05. The van der Waals surface area contributed by atoms with Crippen molar-refractivity contribution in [3.8, 4) is 0 Å². The van der Waals surface area contributed by atoms with E-state index in [0.717, 1.165) is 38.4 Å². The maximum absolute atomic E-state index is 12.2. The second kappa shape index (κ2) is 7.56. The fourth-order valence-electron chi connectivity index (χ4n) is 2.73. The van der Waals surface area contributed by atoms with Crippen LogP contribution in [0.3, 0.4) is 0 Å². The summed E-state index contributed by atoms with van der Waals surface area (Å²) in [6.07, 6.45) is 2.65. The first-order valence-corrected chi connectivity index (χ1v) is 7.68. The van der Waals surface area contributed by atoms with E-state index < -0.39 is 0 Å². The van der Waals surface area contributed by atoms with E-state index in [2.05, 4.69) is 34.3 Å². The number of ether oxygens (including phenoxy) is 1. The largest absolute Gasteiger partial charge is 0.379 e. The molecule has 2 N–H and O–H groups in total. The Morgan fingerprint density at radius 3 is 2.76 bits per heavy atom. The third-order valence-corrected chi connectivity index (χ3v) is 3.88. The molecular formula is C15H26N4O2. The lowest BCUT2D eigenvalue weighted by atomic mass is 10.0. The van der Waals surface area contributed by atoms with Crippen molar-refractivity contribution in [3.63, 3.8) is 0 Å². The summed E-state index contributed by atoms with van der Waals surface area (Å²) in [4.78, 5) is 14.6. The molecule has 1 aliphatic rings. The number of carbonyl (C=O) groups excluding carboxylic acids is 1. The van der Waals surface area contributed by atoms with Crippen LogP contribution in [0.2, 0.25) is 0 Å². The van der Waals surface area contributed by atoms with Crippen molar-refractivity contribution in [3.05, 3.63) is 17.5 Å². The number of H-pyrrole nitrogens is 1. The number of nitrogens with one attached hydrogen (secondary N) is 2. The predicted molar refractivity (Wildman–Crippen MR) is 81.3 cm³/mol. The molecule has 1 saturated heterocycles. The average molecular weight is 294 g/mol. The molecule has 21 heavy (non-hydrogen) atoms. The number of rotatable bonds is 6. The van der Waals surface area contributed by atoms with Crippen LogP contribution in [-0.2, 0) is 4.74 Å². The van der Waals surface area contributed by atoms with Crippen LogP contribution in [-0.4, -0.2) is 59.9 Å². The number of hydrogen-bond donors (Lipinski definition) is 2. The normalized spacial score (nSPS) is 17.9. The van der Waals surface area contributed by atoms with Crippen molar-refractivity contribution in [1.82, 2.24) is 20.4 Å². The summed E-state index contributed by atoms with van der Waals surface area (Å²) >= 11 is 0. The maximum Gasteiger partial charge on any atom is 0.254 e. The molecule has 1 unspecified atom stereocenters. The molecule has 1 atom stereocenters. The van der Waals surface area contributed by atoms with Crippen LogP contribution < -0.4 is 5.32 Å². The maximum atomic E-state index is 12.2. The fraction of sp³-hybridized carbons (Fsp3) is 0.733. The van der Waals surface area contributed by atoms with Gasteiger partial charge in [-0.2, -0.15) is 5.10 Å². The van der Waals surface area contributed by atoms with Gasteiger partial charge in [0.25, 0.3) is 5.91 Å². The van der Waals surface area contributed by atoms with Gasteiger partial charge in [-0.3, -0.25) is 14.8 Å². The summed E-state index contributed by atoms with van der Waals surface area (Å²) < 4.78 is 5.41. The van der Waals surface area contributed by atoms with Crippen LogP contribution in [0.25, 0.3) is 0 Å². The number of nitrogens with zero attached hydrogens (tertiary/aromatic N) is 2. The van der Waals surface area contributed by atoms with E-state index in [1.807, 2.05) is 6.92 Å². The number of amides is 1. The Bertz CT molecular complexity index is 452. The van der Waals surface area contributed by atoms with Crippen LogP contribution in [0.1, 0.15) is 36.3 Å². The molecule has 6 nitrogen and oxygen atoms in total. The molecule has 2 rings (SSSR count). The zero-order chi connectivity index (χ0) is 15.2. The van der Waals surface area contributed by atoms with E-state index in [1.165, 1.54) is 0 Å². The predicted octanol–water partition coefficient (Wildman–Crippen LogP) is 1.19. The average Bonchev–Trinajstić information content (AvgIpc) is 2.90. The lowest BCUT2D eigenvalue weighted by Gasteiger charge is -2.35. The van der Waals surface area contributed by atoms with Crippen molar-refractivity contribution in [2.75, 3.05) is 32.8 Å². The molecular weight excluding hydrogens is 268 g/mol. The number of hydrogen-bond acceptors (Lipinski definition) is 4. The van der Waals surface area contributed by atoms with Gasteiger partial charge in [-0.15, -0.1) is 0 Å². The smallest absolute Gasteiger partial charge is 0.254 e. The zero-order valence-corrected chi connectivity index (χ0v) is 13.2. The highest BCUT2D eigenvalue weighted by Crippen LogP contribution is 2.13. The molecule has 0 spiro atoms. The van der Waals surface area contributed by atoms with Crippen molar-refractivity contribution >= 4 is 5.91 Å². The number of aryl methyl sites for hydroxylation is 1. The van der Waals surface area contributed by atoms with Crippen LogP contribution in [0.5, 0.6) is 0 Å². The van der Waals surface area contributed by atoms with Crippen LogP contribution >= 0.6 is 0 Å². The molecule has 118 valence electrons. The Balaban J connectivity index is 1.92. The molecule has 1 aromatic rings. The van der Waals surface area contributed by atoms with Gasteiger partial charge in [-0.05, 0) is 19.3 Å². The van der Waals surface area contributed by atoms with E-state index in [0.29, 0.717) is 24.1 Å². The molecule has 1 aliphatic heterocycles. The van der Waals surface area contributed by atoms with E-state index in [4.69, 9.17) is 4.74 Å². The second-order valence-corrected chi connectivity index (χ2v) is 6.05. The first-order chi connectivity index (χ1) is 10.1. The fourth-order valence-corrected chi connectivity index (χ4v) is 2.73. The van der Waals surface area contributed by atoms with Gasteiger partial charge >= 0.3 is 0 Å². The van der Waals surface area contributed by atoms with Crippen molar-refractivity contribution in [2.24, 2.45) is 5.92 Å². The van der Waals surface area contributed by atoms with Gasteiger partial charge in [0.05, 0.1) is 25.0 Å². The molecule has 0 bridgehead atoms. The number of aromatic amines is 1. The topological polar surface area (TPSA) is 70.2 Å². The first-order valence-electron chi connectivity index (χ1n) is 7.68. The van der Waals surface area contributed by atoms with E-state index in [9.17, 15) is 4.79 Å². The molecule has 2 heterocycles. The van der Waals surface area contributed by atoms with Gasteiger partial charge in [-0.1, -0.05) is 13.8 Å². The summed E-state index contributed by atoms with van der Waals surface area (Å²) in [5.74, 6) is 0.550. The number of morpholine rings is 1. The SMILES string of the molecule is Cc1[nH]ncc1C(=O)NCC(CC(C)C)N1CCOCC1. The summed E-state index contributed by atoms with van der Waals surface area (Å²) in [5, 5.41) is 9.74. The number of aromatic nitrogens is 2.